The van der Waals surface area contributed by atoms with Crippen molar-refractivity contribution in [1.82, 2.24) is 4.98 Å². The van der Waals surface area contributed by atoms with Crippen molar-refractivity contribution >= 4 is 11.6 Å². The molecular weight excluding hydrogens is 256 g/mol. The lowest BCUT2D eigenvalue weighted by Crippen LogP contribution is -2.12. The summed E-state index contributed by atoms with van der Waals surface area (Å²) in [7, 11) is 3.16. The zero-order valence-corrected chi connectivity index (χ0v) is 11.4. The molecule has 2 rings (SSSR count). The number of methoxy groups -OCH3 is 2. The largest absolute Gasteiger partial charge is 0.481 e. The molecule has 1 N–H and O–H groups in total. The maximum absolute atomic E-state index is 12.1. The van der Waals surface area contributed by atoms with Gasteiger partial charge in [-0.25, -0.2) is 4.98 Å². The number of nitrogens with zero attached hydrogens (tertiary/aromatic N) is 1. The van der Waals surface area contributed by atoms with E-state index < -0.39 is 0 Å². The third-order valence-corrected chi connectivity index (χ3v) is 2.70. The van der Waals surface area contributed by atoms with Crippen LogP contribution in [0.25, 0.3) is 0 Å². The predicted molar refractivity (Wildman–Crippen MR) is 75.9 cm³/mol. The number of ether oxygens (including phenoxy) is 2. The van der Waals surface area contributed by atoms with Crippen molar-refractivity contribution in [1.29, 1.82) is 0 Å². The lowest BCUT2D eigenvalue weighted by atomic mass is 10.2. The fraction of sp³-hybridized carbons (Fsp3) is 0.200. The van der Waals surface area contributed by atoms with E-state index in [2.05, 4.69) is 10.3 Å². The molecule has 2 aromatic rings. The maximum atomic E-state index is 12.1. The Morgan fingerprint density at radius 2 is 2.10 bits per heavy atom. The van der Waals surface area contributed by atoms with Crippen LogP contribution in [0, 0.1) is 0 Å². The molecule has 1 aromatic carbocycles. The summed E-state index contributed by atoms with van der Waals surface area (Å²) in [5.74, 6) is 0.262. The van der Waals surface area contributed by atoms with Crippen molar-refractivity contribution in [3.05, 3.63) is 53.7 Å². The summed E-state index contributed by atoms with van der Waals surface area (Å²) in [5.41, 5.74) is 2.20. The highest BCUT2D eigenvalue weighted by molar-refractivity contribution is 6.04. The van der Waals surface area contributed by atoms with Gasteiger partial charge in [-0.3, -0.25) is 4.79 Å². The molecule has 0 aliphatic rings. The first-order chi connectivity index (χ1) is 9.72. The van der Waals surface area contributed by atoms with E-state index >= 15 is 0 Å². The second-order valence-electron chi connectivity index (χ2n) is 4.18. The number of rotatable bonds is 5. The Labute approximate surface area is 117 Å². The Kier molecular flexibility index (Phi) is 4.68. The van der Waals surface area contributed by atoms with Crippen LogP contribution >= 0.6 is 0 Å². The van der Waals surface area contributed by atoms with Gasteiger partial charge in [-0.1, -0.05) is 12.1 Å². The van der Waals surface area contributed by atoms with Gasteiger partial charge in [0.05, 0.1) is 19.3 Å². The van der Waals surface area contributed by atoms with Gasteiger partial charge in [0.1, 0.15) is 0 Å². The third-order valence-electron chi connectivity index (χ3n) is 2.70. The Hall–Kier alpha value is -2.40. The second kappa shape index (κ2) is 6.68. The van der Waals surface area contributed by atoms with Crippen molar-refractivity contribution in [2.45, 2.75) is 6.61 Å². The minimum absolute atomic E-state index is 0.213. The van der Waals surface area contributed by atoms with Gasteiger partial charge < -0.3 is 14.8 Å². The smallest absolute Gasteiger partial charge is 0.257 e. The van der Waals surface area contributed by atoms with Crippen LogP contribution in [0.1, 0.15) is 15.9 Å². The summed E-state index contributed by atoms with van der Waals surface area (Å²) >= 11 is 0. The fourth-order valence-electron chi connectivity index (χ4n) is 1.74. The van der Waals surface area contributed by atoms with Crippen molar-refractivity contribution < 1.29 is 14.3 Å². The summed E-state index contributed by atoms with van der Waals surface area (Å²) in [5, 5.41) is 2.82. The van der Waals surface area contributed by atoms with E-state index in [1.807, 2.05) is 24.3 Å². The topological polar surface area (TPSA) is 60.5 Å². The number of carbonyl (C=O) groups is 1. The Bertz CT molecular complexity index is 582. The van der Waals surface area contributed by atoms with E-state index in [1.165, 1.54) is 13.3 Å². The number of aromatic nitrogens is 1. The number of hydrogen-bond acceptors (Lipinski definition) is 4. The zero-order chi connectivity index (χ0) is 14.4. The molecule has 0 spiro atoms. The molecule has 1 heterocycles. The zero-order valence-electron chi connectivity index (χ0n) is 11.4. The van der Waals surface area contributed by atoms with Gasteiger partial charge in [0, 0.05) is 25.1 Å². The number of carbonyl (C=O) groups excluding carboxylic acids is 1. The Balaban J connectivity index is 2.08. The molecule has 0 bridgehead atoms. The fourth-order valence-corrected chi connectivity index (χ4v) is 1.74. The Morgan fingerprint density at radius 1 is 1.25 bits per heavy atom. The molecule has 0 aliphatic heterocycles. The van der Waals surface area contributed by atoms with Gasteiger partial charge in [0.25, 0.3) is 5.91 Å². The van der Waals surface area contributed by atoms with Gasteiger partial charge in [-0.05, 0) is 23.8 Å². The van der Waals surface area contributed by atoms with E-state index in [1.54, 1.807) is 19.2 Å². The lowest BCUT2D eigenvalue weighted by molar-refractivity contribution is 0.102. The molecule has 0 atom stereocenters. The number of nitrogens with one attached hydrogen (secondary N) is 1. The summed E-state index contributed by atoms with van der Waals surface area (Å²) < 4.78 is 10.0. The van der Waals surface area contributed by atoms with E-state index in [0.29, 0.717) is 18.1 Å². The molecule has 5 nitrogen and oxygen atoms in total. The SMILES string of the molecule is COCc1cccc(NC(=O)c2ccc(OC)nc2)c1. The van der Waals surface area contributed by atoms with Crippen molar-refractivity contribution in [2.24, 2.45) is 0 Å². The first-order valence-corrected chi connectivity index (χ1v) is 6.12. The van der Waals surface area contributed by atoms with Crippen LogP contribution in [0.4, 0.5) is 5.69 Å². The Morgan fingerprint density at radius 3 is 2.75 bits per heavy atom. The quantitative estimate of drug-likeness (QED) is 0.908. The number of hydrogen-bond donors (Lipinski definition) is 1. The lowest BCUT2D eigenvalue weighted by Gasteiger charge is -2.07. The van der Waals surface area contributed by atoms with Crippen LogP contribution < -0.4 is 10.1 Å². The van der Waals surface area contributed by atoms with E-state index in [9.17, 15) is 4.79 Å². The monoisotopic (exact) mass is 272 g/mol. The van der Waals surface area contributed by atoms with E-state index in [0.717, 1.165) is 11.3 Å². The second-order valence-corrected chi connectivity index (χ2v) is 4.18. The predicted octanol–water partition coefficient (Wildman–Crippen LogP) is 2.49. The molecule has 1 aromatic heterocycles. The van der Waals surface area contributed by atoms with Gasteiger partial charge in [-0.2, -0.15) is 0 Å². The number of pyridine rings is 1. The van der Waals surface area contributed by atoms with Crippen LogP contribution in [-0.4, -0.2) is 25.1 Å². The highest BCUT2D eigenvalue weighted by Gasteiger charge is 2.07. The number of anilines is 1. The molecule has 0 saturated heterocycles. The minimum Gasteiger partial charge on any atom is -0.481 e. The molecule has 104 valence electrons. The van der Waals surface area contributed by atoms with Crippen LogP contribution in [-0.2, 0) is 11.3 Å². The van der Waals surface area contributed by atoms with Crippen LogP contribution in [0.5, 0.6) is 5.88 Å². The molecule has 0 saturated carbocycles. The third kappa shape index (κ3) is 3.55. The standard InChI is InChI=1S/C15H16N2O3/c1-19-10-11-4-3-5-13(8-11)17-15(18)12-6-7-14(20-2)16-9-12/h3-9H,10H2,1-2H3,(H,17,18). The van der Waals surface area contributed by atoms with Crippen LogP contribution in [0.15, 0.2) is 42.6 Å². The molecule has 0 unspecified atom stereocenters. The van der Waals surface area contributed by atoms with E-state index in [4.69, 9.17) is 9.47 Å². The molecule has 0 radical (unpaired) electrons. The molecule has 0 aliphatic carbocycles. The number of benzene rings is 1. The van der Waals surface area contributed by atoms with Gasteiger partial charge >= 0.3 is 0 Å². The molecular formula is C15H16N2O3. The van der Waals surface area contributed by atoms with Gasteiger partial charge in [-0.15, -0.1) is 0 Å². The highest BCUT2D eigenvalue weighted by Crippen LogP contribution is 2.13. The average Bonchev–Trinajstić information content (AvgIpc) is 2.48. The molecule has 0 fully saturated rings. The van der Waals surface area contributed by atoms with Crippen molar-refractivity contribution in [3.8, 4) is 5.88 Å². The van der Waals surface area contributed by atoms with Gasteiger partial charge in [0.15, 0.2) is 0 Å². The van der Waals surface area contributed by atoms with Crippen molar-refractivity contribution in [3.63, 3.8) is 0 Å². The summed E-state index contributed by atoms with van der Waals surface area (Å²) in [6.07, 6.45) is 1.48. The minimum atomic E-state index is -0.213. The van der Waals surface area contributed by atoms with Gasteiger partial charge in [0.2, 0.25) is 5.88 Å². The molecule has 1 amide bonds. The summed E-state index contributed by atoms with van der Waals surface area (Å²) in [6.45, 7) is 0.508. The normalized spacial score (nSPS) is 10.1. The first kappa shape index (κ1) is 14.0. The van der Waals surface area contributed by atoms with Crippen LogP contribution in [0.3, 0.4) is 0 Å². The molecule has 20 heavy (non-hydrogen) atoms. The highest BCUT2D eigenvalue weighted by atomic mass is 16.5. The first-order valence-electron chi connectivity index (χ1n) is 6.12. The van der Waals surface area contributed by atoms with Crippen molar-refractivity contribution in [2.75, 3.05) is 19.5 Å². The number of amides is 1. The summed E-state index contributed by atoms with van der Waals surface area (Å²) in [6, 6.07) is 10.8. The van der Waals surface area contributed by atoms with Crippen LogP contribution in [0.2, 0.25) is 0 Å². The maximum Gasteiger partial charge on any atom is 0.257 e. The van der Waals surface area contributed by atoms with E-state index in [-0.39, 0.29) is 5.91 Å². The molecule has 5 heteroatoms. The average molecular weight is 272 g/mol. The summed E-state index contributed by atoms with van der Waals surface area (Å²) in [4.78, 5) is 16.1.